The fourth-order valence-corrected chi connectivity index (χ4v) is 5.59. The molecule has 142 valence electrons. The molecule has 6 heteroatoms. The van der Waals surface area contributed by atoms with E-state index in [1.165, 1.54) is 25.7 Å². The molecule has 0 aromatic carbocycles. The molecule has 1 aromatic rings. The highest BCUT2D eigenvalue weighted by molar-refractivity contribution is 7.91. The van der Waals surface area contributed by atoms with Crippen LogP contribution >= 0.6 is 0 Å². The Kier molecular flexibility index (Phi) is 5.04. The number of sulfone groups is 1. The molecule has 1 aromatic heterocycles. The third-order valence-corrected chi connectivity index (χ3v) is 7.73. The minimum absolute atomic E-state index is 0.0332. The minimum Gasteiger partial charge on any atom is -0.477 e. The van der Waals surface area contributed by atoms with Crippen LogP contribution in [-0.4, -0.2) is 37.3 Å². The molecule has 5 nitrogen and oxygen atoms in total. The van der Waals surface area contributed by atoms with E-state index in [-0.39, 0.29) is 23.2 Å². The summed E-state index contributed by atoms with van der Waals surface area (Å²) >= 11 is 0. The maximum Gasteiger partial charge on any atom is 0.217 e. The summed E-state index contributed by atoms with van der Waals surface area (Å²) in [5, 5.41) is 0. The zero-order chi connectivity index (χ0) is 18.1. The van der Waals surface area contributed by atoms with Crippen LogP contribution in [0.15, 0.2) is 12.1 Å². The highest BCUT2D eigenvalue weighted by atomic mass is 32.2. The highest BCUT2D eigenvalue weighted by Crippen LogP contribution is 2.39. The summed E-state index contributed by atoms with van der Waals surface area (Å²) in [5.74, 6) is 1.70. The van der Waals surface area contributed by atoms with Crippen LogP contribution in [0.1, 0.15) is 73.3 Å². The van der Waals surface area contributed by atoms with Gasteiger partial charge >= 0.3 is 0 Å². The molecule has 26 heavy (non-hydrogen) atoms. The summed E-state index contributed by atoms with van der Waals surface area (Å²) in [6.45, 7) is 0.687. The number of hydrogen-bond acceptors (Lipinski definition) is 5. The smallest absolute Gasteiger partial charge is 0.217 e. The van der Waals surface area contributed by atoms with Gasteiger partial charge in [-0.05, 0) is 56.4 Å². The number of rotatable bonds is 6. The zero-order valence-corrected chi connectivity index (χ0v) is 16.0. The molecular weight excluding hydrogens is 350 g/mol. The third kappa shape index (κ3) is 4.11. The molecule has 0 spiro atoms. The predicted octanol–water partition coefficient (Wildman–Crippen LogP) is 3.54. The van der Waals surface area contributed by atoms with E-state index in [1.54, 1.807) is 0 Å². The van der Waals surface area contributed by atoms with E-state index in [9.17, 15) is 13.2 Å². The van der Waals surface area contributed by atoms with E-state index in [0.29, 0.717) is 42.9 Å². The molecule has 4 rings (SSSR count). The Morgan fingerprint density at radius 3 is 2.38 bits per heavy atom. The lowest BCUT2D eigenvalue weighted by molar-refractivity contribution is 0.0905. The topological polar surface area (TPSA) is 73.3 Å². The van der Waals surface area contributed by atoms with Crippen molar-refractivity contribution in [1.82, 2.24) is 4.98 Å². The van der Waals surface area contributed by atoms with E-state index < -0.39 is 9.84 Å². The van der Waals surface area contributed by atoms with Gasteiger partial charge in [-0.3, -0.25) is 4.79 Å². The lowest BCUT2D eigenvalue weighted by Crippen LogP contribution is -2.29. The van der Waals surface area contributed by atoms with Crippen molar-refractivity contribution in [3.63, 3.8) is 0 Å². The summed E-state index contributed by atoms with van der Waals surface area (Å²) in [6, 6.07) is 3.85. The van der Waals surface area contributed by atoms with Crippen LogP contribution in [-0.2, 0) is 9.84 Å². The number of carbonyl (C=O) groups is 1. The van der Waals surface area contributed by atoms with Gasteiger partial charge in [0.25, 0.3) is 0 Å². The van der Waals surface area contributed by atoms with Crippen LogP contribution in [0.2, 0.25) is 0 Å². The molecule has 0 N–H and O–H groups in total. The molecule has 3 aliphatic rings. The van der Waals surface area contributed by atoms with Crippen LogP contribution in [0.5, 0.6) is 5.88 Å². The number of Topliss-reactive ketones (excluding diaryl/α,β-unsaturated/α-hetero) is 1. The summed E-state index contributed by atoms with van der Waals surface area (Å²) in [7, 11) is -2.97. The molecule has 0 amide bonds. The van der Waals surface area contributed by atoms with E-state index in [2.05, 4.69) is 4.98 Å². The first-order valence-electron chi connectivity index (χ1n) is 9.90. The largest absolute Gasteiger partial charge is 0.477 e. The van der Waals surface area contributed by atoms with Crippen LogP contribution in [0.3, 0.4) is 0 Å². The Balaban J connectivity index is 1.53. The SMILES string of the molecule is O=C(c1ccc(C2CCCC2)c(OCC2CC2)n1)C1CCS(=O)(=O)CC1. The van der Waals surface area contributed by atoms with E-state index in [4.69, 9.17) is 4.74 Å². The van der Waals surface area contributed by atoms with Crippen LogP contribution < -0.4 is 4.74 Å². The zero-order valence-electron chi connectivity index (χ0n) is 15.2. The number of aromatic nitrogens is 1. The van der Waals surface area contributed by atoms with Crippen molar-refractivity contribution in [2.75, 3.05) is 18.1 Å². The second-order valence-corrected chi connectivity index (χ2v) is 10.4. The fourth-order valence-electron chi connectivity index (χ4n) is 4.09. The van der Waals surface area contributed by atoms with Crippen LogP contribution in [0.4, 0.5) is 0 Å². The van der Waals surface area contributed by atoms with Gasteiger partial charge in [-0.2, -0.15) is 0 Å². The Bertz CT molecular complexity index is 765. The van der Waals surface area contributed by atoms with Crippen molar-refractivity contribution in [2.24, 2.45) is 11.8 Å². The number of ketones is 1. The second kappa shape index (κ2) is 7.29. The highest BCUT2D eigenvalue weighted by Gasteiger charge is 2.31. The number of pyridine rings is 1. The monoisotopic (exact) mass is 377 g/mol. The van der Waals surface area contributed by atoms with Gasteiger partial charge in [0.2, 0.25) is 5.88 Å². The molecule has 1 saturated heterocycles. The van der Waals surface area contributed by atoms with Crippen molar-refractivity contribution in [3.05, 3.63) is 23.4 Å². The van der Waals surface area contributed by atoms with Crippen LogP contribution in [0.25, 0.3) is 0 Å². The number of ether oxygens (including phenoxy) is 1. The van der Waals surface area contributed by atoms with E-state index in [0.717, 1.165) is 18.4 Å². The molecule has 0 atom stereocenters. The predicted molar refractivity (Wildman–Crippen MR) is 99.4 cm³/mol. The van der Waals surface area contributed by atoms with Gasteiger partial charge < -0.3 is 4.74 Å². The van der Waals surface area contributed by atoms with Gasteiger partial charge in [0.15, 0.2) is 5.78 Å². The molecule has 0 unspecified atom stereocenters. The molecule has 2 heterocycles. The molecular formula is C20H27NO4S. The molecule has 0 radical (unpaired) electrons. The summed E-state index contributed by atoms with van der Waals surface area (Å²) in [6.07, 6.45) is 8.05. The van der Waals surface area contributed by atoms with Gasteiger partial charge in [-0.25, -0.2) is 13.4 Å². The maximum atomic E-state index is 12.8. The van der Waals surface area contributed by atoms with Crippen molar-refractivity contribution >= 4 is 15.6 Å². The van der Waals surface area contributed by atoms with Crippen LogP contribution in [0, 0.1) is 11.8 Å². The second-order valence-electron chi connectivity index (χ2n) is 8.12. The summed E-state index contributed by atoms with van der Waals surface area (Å²) < 4.78 is 29.2. The van der Waals surface area contributed by atoms with Crippen molar-refractivity contribution in [2.45, 2.75) is 57.3 Å². The van der Waals surface area contributed by atoms with Gasteiger partial charge in [0.05, 0.1) is 18.1 Å². The first-order chi connectivity index (χ1) is 12.5. The first-order valence-corrected chi connectivity index (χ1v) is 11.7. The normalized spacial score (nSPS) is 23.8. The first kappa shape index (κ1) is 18.0. The average molecular weight is 378 g/mol. The Morgan fingerprint density at radius 2 is 1.73 bits per heavy atom. The number of hydrogen-bond donors (Lipinski definition) is 0. The number of carbonyl (C=O) groups excluding carboxylic acids is 1. The Hall–Kier alpha value is -1.43. The quantitative estimate of drug-likeness (QED) is 0.709. The summed E-state index contributed by atoms with van der Waals surface area (Å²) in [5.41, 5.74) is 1.58. The van der Waals surface area contributed by atoms with Gasteiger partial charge in [0, 0.05) is 11.5 Å². The summed E-state index contributed by atoms with van der Waals surface area (Å²) in [4.78, 5) is 17.4. The maximum absolute atomic E-state index is 12.8. The molecule has 2 saturated carbocycles. The van der Waals surface area contributed by atoms with E-state index >= 15 is 0 Å². The number of nitrogens with zero attached hydrogens (tertiary/aromatic N) is 1. The molecule has 0 bridgehead atoms. The standard InChI is InChI=1S/C20H27NO4S/c22-19(16-9-11-26(23,24)12-10-16)18-8-7-17(15-3-1-2-4-15)20(21-18)25-13-14-5-6-14/h7-8,14-16H,1-6,9-13H2. The van der Waals surface area contributed by atoms with Gasteiger partial charge in [-0.15, -0.1) is 0 Å². The Morgan fingerprint density at radius 1 is 1.04 bits per heavy atom. The molecule has 2 aliphatic carbocycles. The fraction of sp³-hybridized carbons (Fsp3) is 0.700. The van der Waals surface area contributed by atoms with Crippen molar-refractivity contribution < 1.29 is 17.9 Å². The molecule has 3 fully saturated rings. The molecule has 1 aliphatic heterocycles. The van der Waals surface area contributed by atoms with Gasteiger partial charge in [0.1, 0.15) is 15.5 Å². The average Bonchev–Trinajstić information content (AvgIpc) is 3.31. The van der Waals surface area contributed by atoms with Crippen molar-refractivity contribution in [1.29, 1.82) is 0 Å². The van der Waals surface area contributed by atoms with Crippen molar-refractivity contribution in [3.8, 4) is 5.88 Å². The Labute approximate surface area is 155 Å². The lowest BCUT2D eigenvalue weighted by atomic mass is 9.93. The lowest BCUT2D eigenvalue weighted by Gasteiger charge is -2.21. The van der Waals surface area contributed by atoms with Gasteiger partial charge in [-0.1, -0.05) is 18.9 Å². The minimum atomic E-state index is -2.97. The van der Waals surface area contributed by atoms with E-state index in [1.807, 2.05) is 12.1 Å². The third-order valence-electron chi connectivity index (χ3n) is 6.02.